The van der Waals surface area contributed by atoms with Crippen LogP contribution in [0.25, 0.3) is 0 Å². The summed E-state index contributed by atoms with van der Waals surface area (Å²) >= 11 is 0. The Bertz CT molecular complexity index is 428. The molecule has 0 saturated carbocycles. The number of rotatable bonds is 3. The molecule has 1 aromatic carbocycles. The molecule has 3 heteroatoms. The molecule has 0 radical (unpaired) electrons. The molecule has 1 unspecified atom stereocenters. The van der Waals surface area contributed by atoms with E-state index in [1.54, 1.807) is 0 Å². The summed E-state index contributed by atoms with van der Waals surface area (Å²) in [7, 11) is 0. The van der Waals surface area contributed by atoms with Gasteiger partial charge in [-0.25, -0.2) is 0 Å². The first-order chi connectivity index (χ1) is 8.58. The van der Waals surface area contributed by atoms with Crippen LogP contribution in [0.5, 0.6) is 0 Å². The maximum Gasteiger partial charge on any atom is 0.227 e. The van der Waals surface area contributed by atoms with Crippen LogP contribution in [0.4, 0.5) is 5.69 Å². The lowest BCUT2D eigenvalue weighted by Gasteiger charge is -2.18. The van der Waals surface area contributed by atoms with Gasteiger partial charge >= 0.3 is 0 Å². The van der Waals surface area contributed by atoms with Crippen molar-refractivity contribution < 1.29 is 4.79 Å². The van der Waals surface area contributed by atoms with Gasteiger partial charge in [0.15, 0.2) is 0 Å². The smallest absolute Gasteiger partial charge is 0.227 e. The number of likely N-dealkylation sites (tertiary alicyclic amines) is 1. The van der Waals surface area contributed by atoms with Crippen LogP contribution in [0, 0.1) is 11.8 Å². The van der Waals surface area contributed by atoms with E-state index in [0.29, 0.717) is 23.9 Å². The molecule has 1 aliphatic heterocycles. The standard InChI is InChI=1S/C15H22N2O/c1-11(2)13-7-8-17(10-13)15(18)9-12-5-3-4-6-14(12)16/h3-6,11,13H,7-10,16H2,1-2H3. The van der Waals surface area contributed by atoms with Crippen molar-refractivity contribution in [3.63, 3.8) is 0 Å². The van der Waals surface area contributed by atoms with Crippen LogP contribution in [-0.2, 0) is 11.2 Å². The average Bonchev–Trinajstić information content (AvgIpc) is 2.81. The number of anilines is 1. The molecule has 1 atom stereocenters. The first-order valence-corrected chi connectivity index (χ1v) is 6.69. The van der Waals surface area contributed by atoms with Crippen LogP contribution in [-0.4, -0.2) is 23.9 Å². The molecule has 1 aliphatic rings. The third-order valence-corrected chi connectivity index (χ3v) is 3.92. The van der Waals surface area contributed by atoms with Crippen LogP contribution >= 0.6 is 0 Å². The van der Waals surface area contributed by atoms with E-state index in [4.69, 9.17) is 5.73 Å². The van der Waals surface area contributed by atoms with Crippen molar-refractivity contribution in [1.82, 2.24) is 4.90 Å². The van der Waals surface area contributed by atoms with Crippen molar-refractivity contribution in [1.29, 1.82) is 0 Å². The van der Waals surface area contributed by atoms with E-state index in [2.05, 4.69) is 13.8 Å². The van der Waals surface area contributed by atoms with Gasteiger partial charge in [0.1, 0.15) is 0 Å². The maximum atomic E-state index is 12.2. The average molecular weight is 246 g/mol. The van der Waals surface area contributed by atoms with E-state index in [0.717, 1.165) is 25.1 Å². The first kappa shape index (κ1) is 12.9. The third-order valence-electron chi connectivity index (χ3n) is 3.92. The molecule has 0 spiro atoms. The zero-order chi connectivity index (χ0) is 13.1. The van der Waals surface area contributed by atoms with Crippen LogP contribution < -0.4 is 5.73 Å². The summed E-state index contributed by atoms with van der Waals surface area (Å²) in [4.78, 5) is 14.2. The number of hydrogen-bond donors (Lipinski definition) is 1. The molecule has 1 heterocycles. The largest absolute Gasteiger partial charge is 0.398 e. The van der Waals surface area contributed by atoms with Gasteiger partial charge in [-0.3, -0.25) is 4.79 Å². The van der Waals surface area contributed by atoms with Gasteiger partial charge in [-0.15, -0.1) is 0 Å². The van der Waals surface area contributed by atoms with Crippen LogP contribution in [0.15, 0.2) is 24.3 Å². The van der Waals surface area contributed by atoms with Gasteiger partial charge in [0, 0.05) is 18.8 Å². The number of hydrogen-bond acceptors (Lipinski definition) is 2. The van der Waals surface area contributed by atoms with Crippen molar-refractivity contribution in [3.05, 3.63) is 29.8 Å². The summed E-state index contributed by atoms with van der Waals surface area (Å²) in [6.07, 6.45) is 1.56. The minimum Gasteiger partial charge on any atom is -0.398 e. The molecular weight excluding hydrogens is 224 g/mol. The Hall–Kier alpha value is -1.51. The summed E-state index contributed by atoms with van der Waals surface area (Å²) in [6, 6.07) is 7.61. The maximum absolute atomic E-state index is 12.2. The SMILES string of the molecule is CC(C)C1CCN(C(=O)Cc2ccccc2N)C1. The van der Waals surface area contributed by atoms with Crippen molar-refractivity contribution in [2.24, 2.45) is 11.8 Å². The number of carbonyl (C=O) groups is 1. The Kier molecular flexibility index (Phi) is 3.90. The molecule has 98 valence electrons. The highest BCUT2D eigenvalue weighted by Gasteiger charge is 2.27. The minimum atomic E-state index is 0.205. The predicted molar refractivity (Wildman–Crippen MR) is 74.1 cm³/mol. The van der Waals surface area contributed by atoms with Crippen molar-refractivity contribution in [3.8, 4) is 0 Å². The number of nitrogen functional groups attached to an aromatic ring is 1. The second kappa shape index (κ2) is 5.42. The Morgan fingerprint density at radius 2 is 2.17 bits per heavy atom. The van der Waals surface area contributed by atoms with E-state index >= 15 is 0 Å². The van der Waals surface area contributed by atoms with E-state index in [9.17, 15) is 4.79 Å². The highest BCUT2D eigenvalue weighted by atomic mass is 16.2. The summed E-state index contributed by atoms with van der Waals surface area (Å²) in [5, 5.41) is 0. The molecule has 0 aliphatic carbocycles. The normalized spacial score (nSPS) is 19.5. The Labute approximate surface area is 109 Å². The molecule has 1 aromatic rings. The zero-order valence-electron chi connectivity index (χ0n) is 11.2. The molecule has 1 saturated heterocycles. The molecule has 18 heavy (non-hydrogen) atoms. The number of benzene rings is 1. The highest BCUT2D eigenvalue weighted by molar-refractivity contribution is 5.80. The topological polar surface area (TPSA) is 46.3 Å². The molecular formula is C15H22N2O. The Morgan fingerprint density at radius 1 is 1.44 bits per heavy atom. The fourth-order valence-corrected chi connectivity index (χ4v) is 2.53. The molecule has 3 nitrogen and oxygen atoms in total. The van der Waals surface area contributed by atoms with Crippen molar-refractivity contribution in [2.75, 3.05) is 18.8 Å². The minimum absolute atomic E-state index is 0.205. The second-order valence-electron chi connectivity index (χ2n) is 5.51. The van der Waals surface area contributed by atoms with Crippen molar-refractivity contribution >= 4 is 11.6 Å². The first-order valence-electron chi connectivity index (χ1n) is 6.69. The van der Waals surface area contributed by atoms with E-state index in [1.165, 1.54) is 0 Å². The molecule has 0 aromatic heterocycles. The number of carbonyl (C=O) groups excluding carboxylic acids is 1. The quantitative estimate of drug-likeness (QED) is 0.832. The molecule has 1 amide bonds. The van der Waals surface area contributed by atoms with Crippen LogP contribution in [0.3, 0.4) is 0 Å². The lowest BCUT2D eigenvalue weighted by Crippen LogP contribution is -2.30. The van der Waals surface area contributed by atoms with Gasteiger partial charge in [-0.05, 0) is 29.9 Å². The van der Waals surface area contributed by atoms with Gasteiger partial charge in [0.25, 0.3) is 0 Å². The van der Waals surface area contributed by atoms with Crippen LogP contribution in [0.1, 0.15) is 25.8 Å². The number of nitrogens with two attached hydrogens (primary N) is 1. The number of para-hydroxylation sites is 1. The monoisotopic (exact) mass is 246 g/mol. The van der Waals surface area contributed by atoms with Gasteiger partial charge < -0.3 is 10.6 Å². The Balaban J connectivity index is 1.96. The van der Waals surface area contributed by atoms with Gasteiger partial charge in [-0.2, -0.15) is 0 Å². The van der Waals surface area contributed by atoms with E-state index < -0.39 is 0 Å². The van der Waals surface area contributed by atoms with Gasteiger partial charge in [0.2, 0.25) is 5.91 Å². The fourth-order valence-electron chi connectivity index (χ4n) is 2.53. The third kappa shape index (κ3) is 2.84. The summed E-state index contributed by atoms with van der Waals surface area (Å²) in [5.41, 5.74) is 7.53. The lowest BCUT2D eigenvalue weighted by atomic mass is 9.95. The molecule has 1 fully saturated rings. The number of amides is 1. The molecule has 2 N–H and O–H groups in total. The molecule has 0 bridgehead atoms. The van der Waals surface area contributed by atoms with Crippen molar-refractivity contribution in [2.45, 2.75) is 26.7 Å². The number of nitrogens with zero attached hydrogens (tertiary/aromatic N) is 1. The van der Waals surface area contributed by atoms with Gasteiger partial charge in [-0.1, -0.05) is 32.0 Å². The second-order valence-corrected chi connectivity index (χ2v) is 5.51. The van der Waals surface area contributed by atoms with Gasteiger partial charge in [0.05, 0.1) is 6.42 Å². The van der Waals surface area contributed by atoms with E-state index in [1.807, 2.05) is 29.2 Å². The lowest BCUT2D eigenvalue weighted by molar-refractivity contribution is -0.129. The molecule has 2 rings (SSSR count). The predicted octanol–water partition coefficient (Wildman–Crippen LogP) is 2.32. The van der Waals surface area contributed by atoms with Crippen LogP contribution in [0.2, 0.25) is 0 Å². The summed E-state index contributed by atoms with van der Waals surface area (Å²) in [5.74, 6) is 1.52. The summed E-state index contributed by atoms with van der Waals surface area (Å²) < 4.78 is 0. The zero-order valence-corrected chi connectivity index (χ0v) is 11.2. The van der Waals surface area contributed by atoms with E-state index in [-0.39, 0.29) is 5.91 Å². The fraction of sp³-hybridized carbons (Fsp3) is 0.533. The highest BCUT2D eigenvalue weighted by Crippen LogP contribution is 2.24. The summed E-state index contributed by atoms with van der Waals surface area (Å²) in [6.45, 7) is 6.26. The Morgan fingerprint density at radius 3 is 2.78 bits per heavy atom.